The van der Waals surface area contributed by atoms with Gasteiger partial charge in [0.1, 0.15) is 23.5 Å². The first-order valence-corrected chi connectivity index (χ1v) is 10.6. The highest BCUT2D eigenvalue weighted by molar-refractivity contribution is 5.82. The lowest BCUT2D eigenvalue weighted by Gasteiger charge is -2.34. The Balaban J connectivity index is 1.55. The van der Waals surface area contributed by atoms with Gasteiger partial charge in [0.15, 0.2) is 0 Å². The molecule has 8 nitrogen and oxygen atoms in total. The van der Waals surface area contributed by atoms with E-state index in [1.54, 1.807) is 4.68 Å². The van der Waals surface area contributed by atoms with Crippen LogP contribution in [0.1, 0.15) is 37.4 Å². The number of hydrogen-bond donors (Lipinski definition) is 2. The summed E-state index contributed by atoms with van der Waals surface area (Å²) in [6.45, 7) is 5.48. The molecule has 1 aliphatic heterocycles. The third-order valence-electron chi connectivity index (χ3n) is 5.34. The number of amides is 1. The Bertz CT molecular complexity index is 874. The number of nitrogens with zero attached hydrogens (tertiary/aromatic N) is 4. The number of ether oxygens (including phenoxy) is 1. The first-order valence-electron chi connectivity index (χ1n) is 10.6. The molecule has 160 valence electrons. The van der Waals surface area contributed by atoms with Gasteiger partial charge in [-0.2, -0.15) is 10.4 Å². The van der Waals surface area contributed by atoms with E-state index in [-0.39, 0.29) is 11.9 Å². The quantitative estimate of drug-likeness (QED) is 0.611. The van der Waals surface area contributed by atoms with Gasteiger partial charge in [-0.1, -0.05) is 31.5 Å². The molecule has 1 amide bonds. The van der Waals surface area contributed by atoms with Crippen molar-refractivity contribution >= 4 is 11.7 Å². The maximum atomic E-state index is 12.6. The van der Waals surface area contributed by atoms with E-state index < -0.39 is 0 Å². The number of nitrogen functional groups attached to an aromatic ring is 1. The number of morpholine rings is 1. The molecule has 0 spiro atoms. The average Bonchev–Trinajstić information content (AvgIpc) is 3.11. The van der Waals surface area contributed by atoms with Crippen molar-refractivity contribution in [3.63, 3.8) is 0 Å². The third-order valence-corrected chi connectivity index (χ3v) is 5.34. The number of nitrogens with one attached hydrogen (secondary N) is 1. The van der Waals surface area contributed by atoms with Crippen molar-refractivity contribution in [2.45, 2.75) is 38.6 Å². The van der Waals surface area contributed by atoms with Crippen LogP contribution in [-0.2, 0) is 16.0 Å². The summed E-state index contributed by atoms with van der Waals surface area (Å²) in [6, 6.07) is 11.4. The summed E-state index contributed by atoms with van der Waals surface area (Å²) in [5, 5.41) is 17.0. The zero-order valence-corrected chi connectivity index (χ0v) is 17.5. The van der Waals surface area contributed by atoms with Crippen molar-refractivity contribution in [1.82, 2.24) is 20.0 Å². The number of nitrogens with two attached hydrogens (primary N) is 1. The Morgan fingerprint density at radius 2 is 2.17 bits per heavy atom. The van der Waals surface area contributed by atoms with E-state index in [1.165, 1.54) is 0 Å². The molecule has 1 aliphatic rings. The molecule has 8 heteroatoms. The second kappa shape index (κ2) is 10.8. The molecular weight excluding hydrogens is 380 g/mol. The van der Waals surface area contributed by atoms with E-state index in [2.05, 4.69) is 28.3 Å². The number of unbranched alkanes of at least 4 members (excludes halogenated alkanes) is 1. The van der Waals surface area contributed by atoms with Crippen LogP contribution in [0, 0.1) is 11.3 Å². The number of rotatable bonds is 9. The molecule has 2 heterocycles. The lowest BCUT2D eigenvalue weighted by atomic mass is 10.1. The minimum Gasteiger partial charge on any atom is -0.382 e. The van der Waals surface area contributed by atoms with Gasteiger partial charge >= 0.3 is 0 Å². The van der Waals surface area contributed by atoms with Gasteiger partial charge in [0.25, 0.3) is 0 Å². The Hall–Kier alpha value is -2.89. The molecule has 1 aromatic carbocycles. The van der Waals surface area contributed by atoms with Gasteiger partial charge < -0.3 is 15.8 Å². The fraction of sp³-hybridized carbons (Fsp3) is 0.500. The fourth-order valence-electron chi connectivity index (χ4n) is 3.63. The Morgan fingerprint density at radius 1 is 1.37 bits per heavy atom. The van der Waals surface area contributed by atoms with E-state index >= 15 is 0 Å². The fourth-order valence-corrected chi connectivity index (χ4v) is 3.63. The molecule has 1 saturated heterocycles. The van der Waals surface area contributed by atoms with Crippen LogP contribution in [0.15, 0.2) is 30.3 Å². The van der Waals surface area contributed by atoms with Crippen molar-refractivity contribution in [2.75, 3.05) is 38.6 Å². The number of para-hydroxylation sites is 1. The standard InChI is InChI=1S/C22H30N6O2/c1-2-3-12-27-13-14-30-16-20(27)22(29)25-11-7-10-19-18(15-23)21(24)28(26-19)17-8-5-4-6-9-17/h4-6,8-9,20H,2-3,7,10-14,16,24H2,1H3,(H,25,29). The van der Waals surface area contributed by atoms with Gasteiger partial charge in [-0.15, -0.1) is 0 Å². The SMILES string of the molecule is CCCCN1CCOCC1C(=O)NCCCc1nn(-c2ccccc2)c(N)c1C#N. The number of benzene rings is 1. The largest absolute Gasteiger partial charge is 0.382 e. The maximum Gasteiger partial charge on any atom is 0.239 e. The van der Waals surface area contributed by atoms with Crippen LogP contribution in [0.5, 0.6) is 0 Å². The van der Waals surface area contributed by atoms with E-state index in [0.29, 0.717) is 49.7 Å². The molecule has 1 atom stereocenters. The summed E-state index contributed by atoms with van der Waals surface area (Å²) in [7, 11) is 0. The maximum absolute atomic E-state index is 12.6. The van der Waals surface area contributed by atoms with E-state index in [1.807, 2.05) is 30.3 Å². The molecule has 1 fully saturated rings. The van der Waals surface area contributed by atoms with Crippen LogP contribution in [0.2, 0.25) is 0 Å². The van der Waals surface area contributed by atoms with Crippen LogP contribution in [0.25, 0.3) is 5.69 Å². The van der Waals surface area contributed by atoms with Gasteiger partial charge in [-0.3, -0.25) is 9.69 Å². The van der Waals surface area contributed by atoms with Crippen molar-refractivity contribution in [3.8, 4) is 11.8 Å². The van der Waals surface area contributed by atoms with Crippen LogP contribution >= 0.6 is 0 Å². The van der Waals surface area contributed by atoms with Crippen LogP contribution in [-0.4, -0.2) is 59.5 Å². The number of aromatic nitrogens is 2. The molecular formula is C22H30N6O2. The first-order chi connectivity index (χ1) is 14.7. The number of nitriles is 1. The van der Waals surface area contributed by atoms with Crippen molar-refractivity contribution < 1.29 is 9.53 Å². The highest BCUT2D eigenvalue weighted by atomic mass is 16.5. The average molecular weight is 411 g/mol. The van der Waals surface area contributed by atoms with Crippen LogP contribution in [0.4, 0.5) is 5.82 Å². The lowest BCUT2D eigenvalue weighted by Crippen LogP contribution is -2.54. The molecule has 0 aliphatic carbocycles. The van der Waals surface area contributed by atoms with Crippen molar-refractivity contribution in [3.05, 3.63) is 41.6 Å². The summed E-state index contributed by atoms with van der Waals surface area (Å²) in [5.41, 5.74) is 8.01. The molecule has 1 unspecified atom stereocenters. The second-order valence-electron chi connectivity index (χ2n) is 7.44. The number of carbonyl (C=O) groups is 1. The molecule has 1 aromatic heterocycles. The molecule has 0 radical (unpaired) electrons. The highest BCUT2D eigenvalue weighted by Gasteiger charge is 2.28. The highest BCUT2D eigenvalue weighted by Crippen LogP contribution is 2.21. The van der Waals surface area contributed by atoms with E-state index in [4.69, 9.17) is 10.5 Å². The first kappa shape index (κ1) is 21.8. The van der Waals surface area contributed by atoms with E-state index in [0.717, 1.165) is 31.6 Å². The monoisotopic (exact) mass is 410 g/mol. The van der Waals surface area contributed by atoms with Crippen LogP contribution < -0.4 is 11.1 Å². The van der Waals surface area contributed by atoms with Gasteiger partial charge in [0.05, 0.1) is 24.6 Å². The number of aryl methyl sites for hydroxylation is 1. The Morgan fingerprint density at radius 3 is 2.90 bits per heavy atom. The summed E-state index contributed by atoms with van der Waals surface area (Å²) in [5.74, 6) is 0.342. The van der Waals surface area contributed by atoms with Gasteiger partial charge in [0, 0.05) is 13.1 Å². The Labute approximate surface area is 177 Å². The number of carbonyl (C=O) groups excluding carboxylic acids is 1. The summed E-state index contributed by atoms with van der Waals surface area (Å²) in [6.07, 6.45) is 3.42. The van der Waals surface area contributed by atoms with Gasteiger partial charge in [-0.05, 0) is 37.9 Å². The summed E-state index contributed by atoms with van der Waals surface area (Å²) in [4.78, 5) is 14.8. The van der Waals surface area contributed by atoms with Crippen LogP contribution in [0.3, 0.4) is 0 Å². The molecule has 30 heavy (non-hydrogen) atoms. The smallest absolute Gasteiger partial charge is 0.239 e. The van der Waals surface area contributed by atoms with Gasteiger partial charge in [0.2, 0.25) is 5.91 Å². The zero-order chi connectivity index (χ0) is 21.3. The molecule has 2 aromatic rings. The zero-order valence-electron chi connectivity index (χ0n) is 17.5. The molecule has 3 N–H and O–H groups in total. The van der Waals surface area contributed by atoms with Gasteiger partial charge in [-0.25, -0.2) is 4.68 Å². The normalized spacial score (nSPS) is 16.9. The predicted octanol–water partition coefficient (Wildman–Crippen LogP) is 1.88. The molecule has 0 bridgehead atoms. The minimum absolute atomic E-state index is 0.000591. The Kier molecular flexibility index (Phi) is 7.82. The minimum atomic E-state index is -0.229. The van der Waals surface area contributed by atoms with E-state index in [9.17, 15) is 10.1 Å². The summed E-state index contributed by atoms with van der Waals surface area (Å²) < 4.78 is 7.11. The number of hydrogen-bond acceptors (Lipinski definition) is 6. The molecule has 0 saturated carbocycles. The second-order valence-corrected chi connectivity index (χ2v) is 7.44. The van der Waals surface area contributed by atoms with Crippen molar-refractivity contribution in [1.29, 1.82) is 5.26 Å². The predicted molar refractivity (Wildman–Crippen MR) is 115 cm³/mol. The third kappa shape index (κ3) is 5.17. The van der Waals surface area contributed by atoms with Crippen molar-refractivity contribution in [2.24, 2.45) is 0 Å². The number of anilines is 1. The topological polar surface area (TPSA) is 109 Å². The molecule has 3 rings (SSSR count). The lowest BCUT2D eigenvalue weighted by molar-refractivity contribution is -0.132. The summed E-state index contributed by atoms with van der Waals surface area (Å²) >= 11 is 0.